The Bertz CT molecular complexity index is 302. The zero-order chi connectivity index (χ0) is 12.0. The molecule has 0 aliphatic heterocycles. The fourth-order valence-corrected chi connectivity index (χ4v) is 2.25. The molecule has 0 saturated carbocycles. The molecule has 2 atom stereocenters. The number of thioether (sulfide) groups is 1. The summed E-state index contributed by atoms with van der Waals surface area (Å²) in [5, 5.41) is 4.10. The Morgan fingerprint density at radius 3 is 2.75 bits per heavy atom. The van der Waals surface area contributed by atoms with Crippen molar-refractivity contribution < 1.29 is 0 Å². The van der Waals surface area contributed by atoms with Crippen LogP contribution in [0.15, 0.2) is 18.3 Å². The lowest BCUT2D eigenvalue weighted by molar-refractivity contribution is 0.471. The van der Waals surface area contributed by atoms with Crippen LogP contribution in [-0.4, -0.2) is 23.0 Å². The predicted octanol–water partition coefficient (Wildman–Crippen LogP) is 3.53. The van der Waals surface area contributed by atoms with Crippen LogP contribution >= 0.6 is 23.4 Å². The van der Waals surface area contributed by atoms with Crippen LogP contribution < -0.4 is 5.32 Å². The molecule has 0 bridgehead atoms. The highest BCUT2D eigenvalue weighted by Crippen LogP contribution is 2.14. The van der Waals surface area contributed by atoms with Crippen LogP contribution in [-0.2, 0) is 0 Å². The Labute approximate surface area is 107 Å². The smallest absolute Gasteiger partial charge is 0.129 e. The molecule has 1 N–H and O–H groups in total. The zero-order valence-corrected chi connectivity index (χ0v) is 11.6. The summed E-state index contributed by atoms with van der Waals surface area (Å²) in [5.74, 6) is 1.19. The molecule has 0 aromatic carbocycles. The summed E-state index contributed by atoms with van der Waals surface area (Å²) in [4.78, 5) is 4.09. The van der Waals surface area contributed by atoms with Crippen molar-refractivity contribution in [1.82, 2.24) is 10.3 Å². The van der Waals surface area contributed by atoms with Crippen LogP contribution in [0.2, 0.25) is 5.15 Å². The molecule has 0 aliphatic rings. The third kappa shape index (κ3) is 4.73. The number of nitrogens with one attached hydrogen (secondary N) is 1. The number of pyridine rings is 1. The first kappa shape index (κ1) is 13.8. The number of halogens is 1. The lowest BCUT2D eigenvalue weighted by Crippen LogP contribution is -2.29. The molecule has 16 heavy (non-hydrogen) atoms. The maximum Gasteiger partial charge on any atom is 0.129 e. The summed E-state index contributed by atoms with van der Waals surface area (Å²) in [6.45, 7) is 4.37. The van der Waals surface area contributed by atoms with Gasteiger partial charge in [0.25, 0.3) is 0 Å². The van der Waals surface area contributed by atoms with E-state index in [1.807, 2.05) is 30.1 Å². The van der Waals surface area contributed by atoms with E-state index in [0.29, 0.717) is 17.2 Å². The average molecular weight is 259 g/mol. The van der Waals surface area contributed by atoms with E-state index >= 15 is 0 Å². The van der Waals surface area contributed by atoms with E-state index in [4.69, 9.17) is 11.6 Å². The first-order valence-electron chi connectivity index (χ1n) is 5.50. The van der Waals surface area contributed by atoms with Crippen molar-refractivity contribution in [2.45, 2.75) is 32.4 Å². The summed E-state index contributed by atoms with van der Waals surface area (Å²) < 4.78 is 0. The summed E-state index contributed by atoms with van der Waals surface area (Å²) in [6, 6.07) is 4.70. The average Bonchev–Trinajstić information content (AvgIpc) is 2.27. The van der Waals surface area contributed by atoms with Crippen molar-refractivity contribution in [3.63, 3.8) is 0 Å². The van der Waals surface area contributed by atoms with Gasteiger partial charge in [-0.25, -0.2) is 4.98 Å². The molecule has 4 heteroatoms. The molecule has 0 amide bonds. The molecule has 1 aromatic heterocycles. The van der Waals surface area contributed by atoms with Crippen molar-refractivity contribution >= 4 is 23.4 Å². The number of nitrogens with zero attached hydrogens (tertiary/aromatic N) is 1. The minimum absolute atomic E-state index is 0.321. The molecule has 1 aromatic rings. The molecule has 90 valence electrons. The van der Waals surface area contributed by atoms with E-state index in [1.54, 1.807) is 0 Å². The Kier molecular flexibility index (Phi) is 6.17. The third-order valence-corrected chi connectivity index (χ3v) is 3.41. The van der Waals surface area contributed by atoms with E-state index in [-0.39, 0.29) is 0 Å². The van der Waals surface area contributed by atoms with Gasteiger partial charge in [0.15, 0.2) is 0 Å². The Hall–Kier alpha value is -0.250. The van der Waals surface area contributed by atoms with Gasteiger partial charge in [0.2, 0.25) is 0 Å². The molecule has 2 nitrogen and oxygen atoms in total. The summed E-state index contributed by atoms with van der Waals surface area (Å²) >= 11 is 7.64. The quantitative estimate of drug-likeness (QED) is 0.791. The predicted molar refractivity (Wildman–Crippen MR) is 73.3 cm³/mol. The van der Waals surface area contributed by atoms with Crippen molar-refractivity contribution in [3.8, 4) is 0 Å². The van der Waals surface area contributed by atoms with Crippen molar-refractivity contribution in [3.05, 3.63) is 29.0 Å². The molecule has 1 rings (SSSR count). The van der Waals surface area contributed by atoms with Gasteiger partial charge in [-0.2, -0.15) is 11.8 Å². The molecule has 1 heterocycles. The highest BCUT2D eigenvalue weighted by molar-refractivity contribution is 7.98. The Morgan fingerprint density at radius 1 is 1.44 bits per heavy atom. The van der Waals surface area contributed by atoms with Gasteiger partial charge in [0.1, 0.15) is 5.15 Å². The standard InChI is InChI=1S/C12H19ClN2S/c1-9(6-7-16-3)15-10(2)11-4-5-12(13)14-8-11/h4-5,8-10,15H,6-7H2,1-3H3. The van der Waals surface area contributed by atoms with E-state index in [0.717, 1.165) is 0 Å². The Balaban J connectivity index is 2.45. The lowest BCUT2D eigenvalue weighted by atomic mass is 10.1. The largest absolute Gasteiger partial charge is 0.308 e. The molecule has 0 saturated heterocycles. The van der Waals surface area contributed by atoms with Crippen LogP contribution in [0.1, 0.15) is 31.9 Å². The normalized spacial score (nSPS) is 14.8. The minimum atomic E-state index is 0.321. The van der Waals surface area contributed by atoms with E-state index < -0.39 is 0 Å². The topological polar surface area (TPSA) is 24.9 Å². The van der Waals surface area contributed by atoms with Crippen LogP contribution in [0.5, 0.6) is 0 Å². The maximum atomic E-state index is 5.76. The van der Waals surface area contributed by atoms with Gasteiger partial charge in [-0.1, -0.05) is 17.7 Å². The fourth-order valence-electron chi connectivity index (χ4n) is 1.54. The molecule has 2 unspecified atom stereocenters. The number of hydrogen-bond donors (Lipinski definition) is 1. The number of aromatic nitrogens is 1. The van der Waals surface area contributed by atoms with Gasteiger partial charge in [0, 0.05) is 18.3 Å². The summed E-state index contributed by atoms with van der Waals surface area (Å²) in [5.41, 5.74) is 1.18. The van der Waals surface area contributed by atoms with Gasteiger partial charge in [-0.05, 0) is 43.9 Å². The van der Waals surface area contributed by atoms with Gasteiger partial charge < -0.3 is 5.32 Å². The third-order valence-electron chi connectivity index (χ3n) is 2.54. The second-order valence-electron chi connectivity index (χ2n) is 3.99. The highest BCUT2D eigenvalue weighted by atomic mass is 35.5. The number of rotatable bonds is 6. The van der Waals surface area contributed by atoms with Gasteiger partial charge in [-0.3, -0.25) is 0 Å². The van der Waals surface area contributed by atoms with Gasteiger partial charge in [0.05, 0.1) is 0 Å². The lowest BCUT2D eigenvalue weighted by Gasteiger charge is -2.19. The van der Waals surface area contributed by atoms with Crippen LogP contribution in [0.25, 0.3) is 0 Å². The van der Waals surface area contributed by atoms with Crippen LogP contribution in [0, 0.1) is 0 Å². The monoisotopic (exact) mass is 258 g/mol. The maximum absolute atomic E-state index is 5.76. The minimum Gasteiger partial charge on any atom is -0.308 e. The molecule has 0 fully saturated rings. The zero-order valence-electron chi connectivity index (χ0n) is 10.0. The number of hydrogen-bond acceptors (Lipinski definition) is 3. The first-order chi connectivity index (χ1) is 7.63. The van der Waals surface area contributed by atoms with E-state index in [2.05, 4.69) is 30.4 Å². The van der Waals surface area contributed by atoms with Crippen LogP contribution in [0.4, 0.5) is 0 Å². The van der Waals surface area contributed by atoms with E-state index in [9.17, 15) is 0 Å². The summed E-state index contributed by atoms with van der Waals surface area (Å²) in [7, 11) is 0. The second kappa shape index (κ2) is 7.15. The van der Waals surface area contributed by atoms with Gasteiger partial charge >= 0.3 is 0 Å². The van der Waals surface area contributed by atoms with Crippen molar-refractivity contribution in [1.29, 1.82) is 0 Å². The molecule has 0 aliphatic carbocycles. The van der Waals surface area contributed by atoms with Crippen molar-refractivity contribution in [2.75, 3.05) is 12.0 Å². The van der Waals surface area contributed by atoms with Gasteiger partial charge in [-0.15, -0.1) is 0 Å². The first-order valence-corrected chi connectivity index (χ1v) is 7.27. The Morgan fingerprint density at radius 2 is 2.19 bits per heavy atom. The highest BCUT2D eigenvalue weighted by Gasteiger charge is 2.09. The fraction of sp³-hybridized carbons (Fsp3) is 0.583. The molecular formula is C12H19ClN2S. The van der Waals surface area contributed by atoms with E-state index in [1.165, 1.54) is 17.7 Å². The van der Waals surface area contributed by atoms with Crippen LogP contribution in [0.3, 0.4) is 0 Å². The summed E-state index contributed by atoms with van der Waals surface area (Å²) in [6.07, 6.45) is 5.16. The SMILES string of the molecule is CSCCC(C)NC(C)c1ccc(Cl)nc1. The molecule has 0 radical (unpaired) electrons. The molecular weight excluding hydrogens is 240 g/mol. The molecule has 0 spiro atoms. The second-order valence-corrected chi connectivity index (χ2v) is 5.36. The van der Waals surface area contributed by atoms with Crippen molar-refractivity contribution in [2.24, 2.45) is 0 Å².